The van der Waals surface area contributed by atoms with Gasteiger partial charge in [0.25, 0.3) is 0 Å². The van der Waals surface area contributed by atoms with Crippen molar-refractivity contribution in [1.29, 1.82) is 0 Å². The van der Waals surface area contributed by atoms with E-state index in [0.29, 0.717) is 5.41 Å². The second-order valence-electron chi connectivity index (χ2n) is 4.27. The molecule has 4 heteroatoms. The zero-order valence-corrected chi connectivity index (χ0v) is 8.55. The van der Waals surface area contributed by atoms with Crippen molar-refractivity contribution >= 4 is 0 Å². The van der Waals surface area contributed by atoms with Crippen molar-refractivity contribution in [2.45, 2.75) is 13.3 Å². The van der Waals surface area contributed by atoms with Gasteiger partial charge in [-0.05, 0) is 0 Å². The molecule has 0 radical (unpaired) electrons. The normalized spacial score (nSPS) is 19.2. The van der Waals surface area contributed by atoms with Crippen LogP contribution in [0.4, 0.5) is 0 Å². The zero-order chi connectivity index (χ0) is 9.86. The van der Waals surface area contributed by atoms with Crippen LogP contribution in [0.3, 0.4) is 0 Å². The summed E-state index contributed by atoms with van der Waals surface area (Å²) in [5.41, 5.74) is 0.364. The van der Waals surface area contributed by atoms with Crippen LogP contribution in [0.5, 0.6) is 0 Å². The first-order chi connectivity index (χ1) is 6.79. The number of aromatic nitrogens is 2. The van der Waals surface area contributed by atoms with Crippen LogP contribution in [0, 0.1) is 5.41 Å². The molecule has 14 heavy (non-hydrogen) atoms. The molecule has 0 aliphatic carbocycles. The number of nitrogens with one attached hydrogen (secondary N) is 2. The molecule has 0 bridgehead atoms. The molecule has 1 fully saturated rings. The predicted molar refractivity (Wildman–Crippen MR) is 54.1 cm³/mol. The molecule has 78 valence electrons. The van der Waals surface area contributed by atoms with Crippen LogP contribution in [-0.4, -0.2) is 36.3 Å². The number of imidazole rings is 1. The van der Waals surface area contributed by atoms with Crippen LogP contribution in [-0.2, 0) is 11.2 Å². The van der Waals surface area contributed by atoms with E-state index in [4.69, 9.17) is 4.74 Å². The minimum Gasteiger partial charge on any atom is -0.380 e. The highest BCUT2D eigenvalue weighted by atomic mass is 16.5. The average molecular weight is 195 g/mol. The standard InChI is InChI=1S/C10H17N3O/c1-10(7-14-8-10)6-11-3-2-9-12-4-5-13-9/h4-5,11H,2-3,6-8H2,1H3,(H,12,13). The van der Waals surface area contributed by atoms with Gasteiger partial charge in [-0.25, -0.2) is 4.98 Å². The smallest absolute Gasteiger partial charge is 0.107 e. The minimum absolute atomic E-state index is 0.364. The molecule has 0 spiro atoms. The van der Waals surface area contributed by atoms with Crippen molar-refractivity contribution in [3.63, 3.8) is 0 Å². The lowest BCUT2D eigenvalue weighted by molar-refractivity contribution is -0.0988. The molecular formula is C10H17N3O. The van der Waals surface area contributed by atoms with Gasteiger partial charge in [-0.15, -0.1) is 0 Å². The third-order valence-electron chi connectivity index (χ3n) is 2.55. The van der Waals surface area contributed by atoms with Crippen LogP contribution in [0.25, 0.3) is 0 Å². The van der Waals surface area contributed by atoms with E-state index < -0.39 is 0 Å². The maximum Gasteiger partial charge on any atom is 0.107 e. The van der Waals surface area contributed by atoms with E-state index in [2.05, 4.69) is 22.2 Å². The Bertz CT molecular complexity index is 267. The van der Waals surface area contributed by atoms with Crippen molar-refractivity contribution in [3.05, 3.63) is 18.2 Å². The van der Waals surface area contributed by atoms with Gasteiger partial charge < -0.3 is 15.0 Å². The number of hydrogen-bond acceptors (Lipinski definition) is 3. The second-order valence-corrected chi connectivity index (χ2v) is 4.27. The molecule has 1 aromatic rings. The summed E-state index contributed by atoms with van der Waals surface area (Å²) in [5.74, 6) is 1.05. The van der Waals surface area contributed by atoms with Gasteiger partial charge in [0.15, 0.2) is 0 Å². The van der Waals surface area contributed by atoms with Crippen molar-refractivity contribution in [1.82, 2.24) is 15.3 Å². The van der Waals surface area contributed by atoms with Crippen LogP contribution < -0.4 is 5.32 Å². The SMILES string of the molecule is CC1(CNCCc2ncc[nH]2)COC1. The van der Waals surface area contributed by atoms with Gasteiger partial charge in [-0.1, -0.05) is 6.92 Å². The Kier molecular flexibility index (Phi) is 2.84. The Morgan fingerprint density at radius 1 is 1.64 bits per heavy atom. The Labute approximate surface area is 84.1 Å². The first kappa shape index (κ1) is 9.68. The molecule has 1 aliphatic rings. The number of nitrogens with zero attached hydrogens (tertiary/aromatic N) is 1. The van der Waals surface area contributed by atoms with E-state index in [1.165, 1.54) is 0 Å². The molecule has 2 N–H and O–H groups in total. The van der Waals surface area contributed by atoms with E-state index in [1.54, 1.807) is 6.20 Å². The molecule has 4 nitrogen and oxygen atoms in total. The Hall–Kier alpha value is -0.870. The third-order valence-corrected chi connectivity index (χ3v) is 2.55. The number of aromatic amines is 1. The van der Waals surface area contributed by atoms with Crippen molar-refractivity contribution in [3.8, 4) is 0 Å². The highest BCUT2D eigenvalue weighted by Gasteiger charge is 2.32. The number of H-pyrrole nitrogens is 1. The fourth-order valence-electron chi connectivity index (χ4n) is 1.58. The molecule has 0 unspecified atom stereocenters. The topological polar surface area (TPSA) is 49.9 Å². The van der Waals surface area contributed by atoms with Crippen LogP contribution in [0.15, 0.2) is 12.4 Å². The van der Waals surface area contributed by atoms with Crippen molar-refractivity contribution in [2.24, 2.45) is 5.41 Å². The summed E-state index contributed by atoms with van der Waals surface area (Å²) in [6.07, 6.45) is 4.61. The van der Waals surface area contributed by atoms with E-state index in [-0.39, 0.29) is 0 Å². The van der Waals surface area contributed by atoms with Gasteiger partial charge >= 0.3 is 0 Å². The molecule has 0 saturated carbocycles. The number of rotatable bonds is 5. The average Bonchev–Trinajstić information content (AvgIpc) is 2.62. The van der Waals surface area contributed by atoms with Crippen LogP contribution >= 0.6 is 0 Å². The van der Waals surface area contributed by atoms with Gasteiger partial charge in [0.2, 0.25) is 0 Å². The van der Waals surface area contributed by atoms with Crippen LogP contribution in [0.1, 0.15) is 12.7 Å². The maximum atomic E-state index is 5.18. The highest BCUT2D eigenvalue weighted by molar-refractivity contribution is 4.88. The number of ether oxygens (including phenoxy) is 1. The molecule has 2 heterocycles. The third kappa shape index (κ3) is 2.33. The summed E-state index contributed by atoms with van der Waals surface area (Å²) in [7, 11) is 0. The van der Waals surface area contributed by atoms with E-state index in [1.807, 2.05) is 6.20 Å². The van der Waals surface area contributed by atoms with E-state index >= 15 is 0 Å². The van der Waals surface area contributed by atoms with Gasteiger partial charge in [0.1, 0.15) is 5.82 Å². The first-order valence-electron chi connectivity index (χ1n) is 5.05. The Balaban J connectivity index is 1.59. The summed E-state index contributed by atoms with van der Waals surface area (Å²) in [5, 5.41) is 3.43. The molecule has 0 aromatic carbocycles. The van der Waals surface area contributed by atoms with Crippen molar-refractivity contribution in [2.75, 3.05) is 26.3 Å². The molecule has 0 amide bonds. The van der Waals surface area contributed by atoms with Gasteiger partial charge in [0.05, 0.1) is 13.2 Å². The predicted octanol–water partition coefficient (Wildman–Crippen LogP) is 0.578. The van der Waals surface area contributed by atoms with E-state index in [0.717, 1.165) is 38.5 Å². The maximum absolute atomic E-state index is 5.18. The highest BCUT2D eigenvalue weighted by Crippen LogP contribution is 2.24. The van der Waals surface area contributed by atoms with Gasteiger partial charge in [0, 0.05) is 37.3 Å². The fourth-order valence-corrected chi connectivity index (χ4v) is 1.58. The monoisotopic (exact) mass is 195 g/mol. The Morgan fingerprint density at radius 3 is 3.07 bits per heavy atom. The summed E-state index contributed by atoms with van der Waals surface area (Å²) < 4.78 is 5.18. The van der Waals surface area contributed by atoms with Crippen molar-refractivity contribution < 1.29 is 4.74 Å². The summed E-state index contributed by atoms with van der Waals surface area (Å²) in [4.78, 5) is 7.25. The molecule has 1 aliphatic heterocycles. The summed E-state index contributed by atoms with van der Waals surface area (Å²) in [6.45, 7) is 6.04. The molecule has 0 atom stereocenters. The van der Waals surface area contributed by atoms with Crippen LogP contribution in [0.2, 0.25) is 0 Å². The first-order valence-corrected chi connectivity index (χ1v) is 5.05. The second kappa shape index (κ2) is 4.11. The molecular weight excluding hydrogens is 178 g/mol. The largest absolute Gasteiger partial charge is 0.380 e. The lowest BCUT2D eigenvalue weighted by Gasteiger charge is -2.38. The number of hydrogen-bond donors (Lipinski definition) is 2. The lowest BCUT2D eigenvalue weighted by atomic mass is 9.89. The van der Waals surface area contributed by atoms with Gasteiger partial charge in [-0.3, -0.25) is 0 Å². The zero-order valence-electron chi connectivity index (χ0n) is 8.55. The molecule has 1 aromatic heterocycles. The van der Waals surface area contributed by atoms with Gasteiger partial charge in [-0.2, -0.15) is 0 Å². The quantitative estimate of drug-likeness (QED) is 0.676. The minimum atomic E-state index is 0.364. The lowest BCUT2D eigenvalue weighted by Crippen LogP contribution is -2.47. The van der Waals surface area contributed by atoms with E-state index in [9.17, 15) is 0 Å². The fraction of sp³-hybridized carbons (Fsp3) is 0.700. The summed E-state index contributed by atoms with van der Waals surface area (Å²) in [6, 6.07) is 0. The molecule has 2 rings (SSSR count). The molecule has 1 saturated heterocycles. The Morgan fingerprint density at radius 2 is 2.50 bits per heavy atom. The summed E-state index contributed by atoms with van der Waals surface area (Å²) >= 11 is 0.